The van der Waals surface area contributed by atoms with Gasteiger partial charge in [0.1, 0.15) is 0 Å². The molecule has 4 rings (SSSR count). The summed E-state index contributed by atoms with van der Waals surface area (Å²) in [5, 5.41) is 10.9. The lowest BCUT2D eigenvalue weighted by Gasteiger charge is -2.18. The highest BCUT2D eigenvalue weighted by atomic mass is 16.6. The van der Waals surface area contributed by atoms with Crippen molar-refractivity contribution in [1.82, 2.24) is 0 Å². The summed E-state index contributed by atoms with van der Waals surface area (Å²) in [4.78, 5) is 25.0. The molecule has 0 saturated carbocycles. The number of carbonyl (C=O) groups excluding carboxylic acids is 1. The molecule has 0 atom stereocenters. The number of hydrogen-bond donors (Lipinski definition) is 0. The van der Waals surface area contributed by atoms with Crippen LogP contribution in [-0.4, -0.2) is 10.8 Å². The normalized spacial score (nSPS) is 14.5. The number of carbonyl (C=O) groups is 1. The molecule has 0 spiro atoms. The second-order valence-electron chi connectivity index (χ2n) is 5.90. The zero-order chi connectivity index (χ0) is 18.1. The standard InChI is InChI=1S/C21H14N2O3/c24-21-19-9-5-4-8-18(19)20(14-15-6-2-1-3-7-15)22(21)16-10-12-17(13-11-16)23(25)26/h1-14H/b20-14-. The van der Waals surface area contributed by atoms with Crippen molar-refractivity contribution in [2.45, 2.75) is 0 Å². The molecule has 3 aromatic carbocycles. The van der Waals surface area contributed by atoms with Gasteiger partial charge in [0, 0.05) is 28.9 Å². The molecule has 5 heteroatoms. The molecule has 26 heavy (non-hydrogen) atoms. The maximum Gasteiger partial charge on any atom is 0.269 e. The first kappa shape index (κ1) is 15.8. The third-order valence-electron chi connectivity index (χ3n) is 4.30. The molecule has 0 N–H and O–H groups in total. The molecule has 3 aromatic rings. The molecule has 1 aliphatic rings. The second-order valence-corrected chi connectivity index (χ2v) is 5.90. The van der Waals surface area contributed by atoms with Crippen molar-refractivity contribution >= 4 is 29.1 Å². The van der Waals surface area contributed by atoms with Crippen LogP contribution in [0.4, 0.5) is 11.4 Å². The van der Waals surface area contributed by atoms with Crippen LogP contribution in [0.15, 0.2) is 78.9 Å². The summed E-state index contributed by atoms with van der Waals surface area (Å²) in [7, 11) is 0. The van der Waals surface area contributed by atoms with E-state index in [1.54, 1.807) is 23.1 Å². The maximum absolute atomic E-state index is 13.0. The monoisotopic (exact) mass is 342 g/mol. The number of anilines is 1. The highest BCUT2D eigenvalue weighted by molar-refractivity contribution is 6.24. The third-order valence-corrected chi connectivity index (χ3v) is 4.30. The zero-order valence-corrected chi connectivity index (χ0v) is 13.7. The summed E-state index contributed by atoms with van der Waals surface area (Å²) >= 11 is 0. The molecule has 0 radical (unpaired) electrons. The Labute approximate surface area is 150 Å². The number of nitrogens with zero attached hydrogens (tertiary/aromatic N) is 2. The van der Waals surface area contributed by atoms with E-state index in [9.17, 15) is 14.9 Å². The maximum atomic E-state index is 13.0. The summed E-state index contributed by atoms with van der Waals surface area (Å²) in [5.41, 5.74) is 3.78. The van der Waals surface area contributed by atoms with Crippen molar-refractivity contribution in [3.05, 3.63) is 106 Å². The van der Waals surface area contributed by atoms with Gasteiger partial charge in [-0.1, -0.05) is 48.5 Å². The van der Waals surface area contributed by atoms with Crippen LogP contribution in [0.2, 0.25) is 0 Å². The summed E-state index contributed by atoms with van der Waals surface area (Å²) in [6.07, 6.45) is 1.95. The van der Waals surface area contributed by atoms with E-state index < -0.39 is 4.92 Å². The number of amides is 1. The lowest BCUT2D eigenvalue weighted by molar-refractivity contribution is -0.384. The smallest absolute Gasteiger partial charge is 0.269 e. The first-order valence-electron chi connectivity index (χ1n) is 8.10. The van der Waals surface area contributed by atoms with Gasteiger partial charge in [0.25, 0.3) is 11.6 Å². The van der Waals surface area contributed by atoms with Gasteiger partial charge < -0.3 is 0 Å². The molecule has 126 valence electrons. The first-order valence-corrected chi connectivity index (χ1v) is 8.10. The average molecular weight is 342 g/mol. The minimum Gasteiger partial charge on any atom is -0.276 e. The summed E-state index contributed by atoms with van der Waals surface area (Å²) in [6, 6.07) is 23.2. The van der Waals surface area contributed by atoms with E-state index in [1.807, 2.05) is 54.6 Å². The third kappa shape index (κ3) is 2.65. The van der Waals surface area contributed by atoms with Gasteiger partial charge in [-0.05, 0) is 29.8 Å². The first-order chi connectivity index (χ1) is 12.6. The van der Waals surface area contributed by atoms with Gasteiger partial charge >= 0.3 is 0 Å². The highest BCUT2D eigenvalue weighted by Crippen LogP contribution is 2.38. The molecular formula is C21H14N2O3. The van der Waals surface area contributed by atoms with Crippen LogP contribution >= 0.6 is 0 Å². The number of nitro groups is 1. The van der Waals surface area contributed by atoms with Crippen molar-refractivity contribution in [2.24, 2.45) is 0 Å². The van der Waals surface area contributed by atoms with Gasteiger partial charge in [0.15, 0.2) is 0 Å². The van der Waals surface area contributed by atoms with Crippen molar-refractivity contribution in [3.8, 4) is 0 Å². The fraction of sp³-hybridized carbons (Fsp3) is 0. The van der Waals surface area contributed by atoms with Gasteiger partial charge in [-0.3, -0.25) is 19.8 Å². The second kappa shape index (κ2) is 6.29. The Hall–Kier alpha value is -3.73. The predicted octanol–water partition coefficient (Wildman–Crippen LogP) is 4.75. The summed E-state index contributed by atoms with van der Waals surface area (Å²) < 4.78 is 0. The van der Waals surface area contributed by atoms with Gasteiger partial charge in [-0.2, -0.15) is 0 Å². The quantitative estimate of drug-likeness (QED) is 0.509. The SMILES string of the molecule is O=C1c2ccccc2/C(=C/c2ccccc2)N1c1ccc([N+](=O)[O-])cc1. The van der Waals surface area contributed by atoms with Crippen LogP contribution in [0.3, 0.4) is 0 Å². The largest absolute Gasteiger partial charge is 0.276 e. The Kier molecular flexibility index (Phi) is 3.82. The van der Waals surface area contributed by atoms with E-state index in [4.69, 9.17) is 0 Å². The van der Waals surface area contributed by atoms with Crippen LogP contribution in [0.1, 0.15) is 21.5 Å². The minimum atomic E-state index is -0.453. The molecule has 0 saturated heterocycles. The van der Waals surface area contributed by atoms with Crippen molar-refractivity contribution < 1.29 is 9.72 Å². The van der Waals surface area contributed by atoms with E-state index in [0.29, 0.717) is 11.3 Å². The van der Waals surface area contributed by atoms with Gasteiger partial charge in [-0.25, -0.2) is 0 Å². The van der Waals surface area contributed by atoms with E-state index in [2.05, 4.69) is 0 Å². The van der Waals surface area contributed by atoms with E-state index >= 15 is 0 Å². The van der Waals surface area contributed by atoms with Crippen LogP contribution in [-0.2, 0) is 0 Å². The minimum absolute atomic E-state index is 0.00787. The van der Waals surface area contributed by atoms with Crippen LogP contribution in [0.25, 0.3) is 11.8 Å². The highest BCUT2D eigenvalue weighted by Gasteiger charge is 2.33. The van der Waals surface area contributed by atoms with Crippen molar-refractivity contribution in [3.63, 3.8) is 0 Å². The van der Waals surface area contributed by atoms with E-state index in [-0.39, 0.29) is 11.6 Å². The van der Waals surface area contributed by atoms with Gasteiger partial charge in [-0.15, -0.1) is 0 Å². The molecule has 0 bridgehead atoms. The Bertz CT molecular complexity index is 1020. The number of hydrogen-bond acceptors (Lipinski definition) is 3. The van der Waals surface area contributed by atoms with E-state index in [0.717, 1.165) is 16.8 Å². The molecule has 0 aromatic heterocycles. The number of non-ortho nitro benzene ring substituents is 1. The van der Waals surface area contributed by atoms with Crippen LogP contribution in [0, 0.1) is 10.1 Å². The molecule has 1 aliphatic heterocycles. The number of benzene rings is 3. The lowest BCUT2D eigenvalue weighted by Crippen LogP contribution is -2.22. The molecule has 0 fully saturated rings. The molecule has 0 aliphatic carbocycles. The fourth-order valence-corrected chi connectivity index (χ4v) is 3.07. The molecule has 1 heterocycles. The number of rotatable bonds is 3. The number of fused-ring (bicyclic) bond motifs is 1. The molecule has 5 nitrogen and oxygen atoms in total. The summed E-state index contributed by atoms with van der Waals surface area (Å²) in [6.45, 7) is 0. The fourth-order valence-electron chi connectivity index (χ4n) is 3.07. The van der Waals surface area contributed by atoms with Crippen molar-refractivity contribution in [1.29, 1.82) is 0 Å². The predicted molar refractivity (Wildman–Crippen MR) is 101 cm³/mol. The van der Waals surface area contributed by atoms with Crippen LogP contribution < -0.4 is 4.90 Å². The topological polar surface area (TPSA) is 63.5 Å². The molecule has 0 unspecified atom stereocenters. The van der Waals surface area contributed by atoms with E-state index in [1.165, 1.54) is 12.1 Å². The Morgan fingerprint density at radius 3 is 2.08 bits per heavy atom. The van der Waals surface area contributed by atoms with Gasteiger partial charge in [0.05, 0.1) is 10.6 Å². The van der Waals surface area contributed by atoms with Gasteiger partial charge in [0.2, 0.25) is 0 Å². The molecule has 1 amide bonds. The van der Waals surface area contributed by atoms with Crippen molar-refractivity contribution in [2.75, 3.05) is 4.90 Å². The summed E-state index contributed by atoms with van der Waals surface area (Å²) in [5.74, 6) is -0.142. The average Bonchev–Trinajstić information content (AvgIpc) is 2.95. The lowest BCUT2D eigenvalue weighted by atomic mass is 10.1. The Morgan fingerprint density at radius 2 is 1.42 bits per heavy atom. The number of nitro benzene ring substituents is 1. The Balaban J connectivity index is 1.85. The zero-order valence-electron chi connectivity index (χ0n) is 13.7. The van der Waals surface area contributed by atoms with Crippen LogP contribution in [0.5, 0.6) is 0 Å². The Morgan fingerprint density at radius 1 is 0.808 bits per heavy atom. The molecular weight excluding hydrogens is 328 g/mol.